The van der Waals surface area contributed by atoms with Crippen LogP contribution in [0.25, 0.3) is 0 Å². The highest BCUT2D eigenvalue weighted by Crippen LogP contribution is 2.20. The molecule has 0 spiro atoms. The largest absolute Gasteiger partial charge is 0.393 e. The summed E-state index contributed by atoms with van der Waals surface area (Å²) in [4.78, 5) is 0. The molecule has 0 aliphatic heterocycles. The number of rotatable bonds is 4. The summed E-state index contributed by atoms with van der Waals surface area (Å²) in [6.07, 6.45) is 0.334. The Morgan fingerprint density at radius 3 is 2.93 bits per heavy atom. The maximum absolute atomic E-state index is 13.1. The fraction of sp³-hybridized carbons (Fsp3) is 0.400. The van der Waals surface area contributed by atoms with Gasteiger partial charge in [0.15, 0.2) is 0 Å². The predicted octanol–water partition coefficient (Wildman–Crippen LogP) is 2.61. The van der Waals surface area contributed by atoms with E-state index in [1.807, 2.05) is 28.7 Å². The number of anilines is 1. The molecule has 1 rings (SSSR count). The first-order chi connectivity index (χ1) is 6.61. The summed E-state index contributed by atoms with van der Waals surface area (Å²) in [7, 11) is 0. The van der Waals surface area contributed by atoms with Crippen molar-refractivity contribution >= 4 is 28.3 Å². The molecular formula is C10H13FINO. The predicted molar refractivity (Wildman–Crippen MR) is 63.9 cm³/mol. The average molecular weight is 309 g/mol. The Hall–Kier alpha value is -0.360. The van der Waals surface area contributed by atoms with E-state index >= 15 is 0 Å². The number of halogens is 2. The minimum Gasteiger partial charge on any atom is -0.393 e. The summed E-state index contributed by atoms with van der Waals surface area (Å²) in [6, 6.07) is 4.93. The van der Waals surface area contributed by atoms with E-state index in [4.69, 9.17) is 5.11 Å². The van der Waals surface area contributed by atoms with Gasteiger partial charge in [-0.05, 0) is 48.1 Å². The normalized spacial score (nSPS) is 12.6. The summed E-state index contributed by atoms with van der Waals surface area (Å²) >= 11 is 1.96. The number of aliphatic hydroxyl groups excluding tert-OH is 1. The van der Waals surface area contributed by atoms with Crippen molar-refractivity contribution < 1.29 is 9.50 Å². The fourth-order valence-electron chi connectivity index (χ4n) is 1.06. The Balaban J connectivity index is 2.54. The number of hydrogen-bond acceptors (Lipinski definition) is 2. The van der Waals surface area contributed by atoms with Gasteiger partial charge in [0.1, 0.15) is 5.82 Å². The van der Waals surface area contributed by atoms with E-state index < -0.39 is 0 Å². The molecule has 1 unspecified atom stereocenters. The lowest BCUT2D eigenvalue weighted by molar-refractivity contribution is 0.189. The van der Waals surface area contributed by atoms with Crippen molar-refractivity contribution in [2.24, 2.45) is 0 Å². The third kappa shape index (κ3) is 3.42. The van der Waals surface area contributed by atoms with Gasteiger partial charge in [0.2, 0.25) is 0 Å². The maximum atomic E-state index is 13.1. The first-order valence-electron chi connectivity index (χ1n) is 4.47. The number of benzene rings is 1. The van der Waals surface area contributed by atoms with Crippen LogP contribution < -0.4 is 5.32 Å². The highest BCUT2D eigenvalue weighted by molar-refractivity contribution is 14.1. The SMILES string of the molecule is CC(O)CCNc1cccc(F)c1I. The van der Waals surface area contributed by atoms with Crippen molar-refractivity contribution in [3.05, 3.63) is 27.6 Å². The molecule has 0 saturated carbocycles. The quantitative estimate of drug-likeness (QED) is 0.838. The molecule has 0 aromatic heterocycles. The molecule has 0 aliphatic carbocycles. The molecule has 14 heavy (non-hydrogen) atoms. The highest BCUT2D eigenvalue weighted by Gasteiger charge is 2.04. The maximum Gasteiger partial charge on any atom is 0.138 e. The molecule has 0 aliphatic rings. The number of hydrogen-bond donors (Lipinski definition) is 2. The van der Waals surface area contributed by atoms with E-state index in [9.17, 15) is 4.39 Å². The van der Waals surface area contributed by atoms with Crippen molar-refractivity contribution in [1.82, 2.24) is 0 Å². The van der Waals surface area contributed by atoms with Gasteiger partial charge in [-0.3, -0.25) is 0 Å². The van der Waals surface area contributed by atoms with Crippen LogP contribution in [0.5, 0.6) is 0 Å². The lowest BCUT2D eigenvalue weighted by atomic mass is 10.2. The Morgan fingerprint density at radius 2 is 2.29 bits per heavy atom. The first kappa shape index (κ1) is 11.7. The second-order valence-corrected chi connectivity index (χ2v) is 4.24. The first-order valence-corrected chi connectivity index (χ1v) is 5.55. The molecule has 0 amide bonds. The molecule has 78 valence electrons. The van der Waals surface area contributed by atoms with Crippen LogP contribution in [0.15, 0.2) is 18.2 Å². The zero-order chi connectivity index (χ0) is 10.6. The van der Waals surface area contributed by atoms with Gasteiger partial charge in [0.05, 0.1) is 15.4 Å². The summed E-state index contributed by atoms with van der Waals surface area (Å²) in [5, 5.41) is 12.1. The third-order valence-corrected chi connectivity index (χ3v) is 2.93. The molecular weight excluding hydrogens is 296 g/mol. The van der Waals surface area contributed by atoms with Gasteiger partial charge in [0.25, 0.3) is 0 Å². The zero-order valence-electron chi connectivity index (χ0n) is 7.93. The van der Waals surface area contributed by atoms with Gasteiger partial charge in [-0.15, -0.1) is 0 Å². The molecule has 4 heteroatoms. The Kier molecular flexibility index (Phi) is 4.60. The Bertz CT molecular complexity index is 304. The van der Waals surface area contributed by atoms with Crippen LogP contribution in [0, 0.1) is 9.39 Å². The van der Waals surface area contributed by atoms with Crippen molar-refractivity contribution in [3.63, 3.8) is 0 Å². The monoisotopic (exact) mass is 309 g/mol. The summed E-state index contributed by atoms with van der Waals surface area (Å²) in [6.45, 7) is 2.38. The van der Waals surface area contributed by atoms with Crippen molar-refractivity contribution in [3.8, 4) is 0 Å². The molecule has 2 nitrogen and oxygen atoms in total. The standard InChI is InChI=1S/C10H13FINO/c1-7(14)5-6-13-9-4-2-3-8(11)10(9)12/h2-4,7,13-14H,5-6H2,1H3. The smallest absolute Gasteiger partial charge is 0.138 e. The molecule has 0 saturated heterocycles. The molecule has 0 fully saturated rings. The molecule has 2 N–H and O–H groups in total. The van der Waals surface area contributed by atoms with Gasteiger partial charge < -0.3 is 10.4 Å². The molecule has 1 atom stereocenters. The van der Waals surface area contributed by atoms with Crippen molar-refractivity contribution in [2.75, 3.05) is 11.9 Å². The second kappa shape index (κ2) is 5.50. The van der Waals surface area contributed by atoms with E-state index in [2.05, 4.69) is 5.32 Å². The number of nitrogens with one attached hydrogen (secondary N) is 1. The van der Waals surface area contributed by atoms with E-state index in [0.717, 1.165) is 5.69 Å². The van der Waals surface area contributed by atoms with Crippen LogP contribution >= 0.6 is 22.6 Å². The molecule has 0 bridgehead atoms. The third-order valence-electron chi connectivity index (χ3n) is 1.83. The van der Waals surface area contributed by atoms with Gasteiger partial charge in [-0.2, -0.15) is 0 Å². The molecule has 0 heterocycles. The topological polar surface area (TPSA) is 32.3 Å². The van der Waals surface area contributed by atoms with E-state index in [1.54, 1.807) is 13.0 Å². The minimum atomic E-state index is -0.325. The average Bonchev–Trinajstić information content (AvgIpc) is 2.12. The minimum absolute atomic E-state index is 0.215. The van der Waals surface area contributed by atoms with Crippen molar-refractivity contribution in [1.29, 1.82) is 0 Å². The molecule has 1 aromatic rings. The zero-order valence-corrected chi connectivity index (χ0v) is 10.1. The Labute approximate surface area is 96.7 Å². The van der Waals surface area contributed by atoms with Gasteiger partial charge >= 0.3 is 0 Å². The summed E-state index contributed by atoms with van der Waals surface area (Å²) < 4.78 is 13.7. The van der Waals surface area contributed by atoms with Gasteiger partial charge in [-0.1, -0.05) is 6.07 Å². The van der Waals surface area contributed by atoms with E-state index in [0.29, 0.717) is 16.5 Å². The Morgan fingerprint density at radius 1 is 1.57 bits per heavy atom. The van der Waals surface area contributed by atoms with Crippen LogP contribution in [0.3, 0.4) is 0 Å². The van der Waals surface area contributed by atoms with Gasteiger partial charge in [-0.25, -0.2) is 4.39 Å². The van der Waals surface area contributed by atoms with Crippen molar-refractivity contribution in [2.45, 2.75) is 19.4 Å². The molecule has 0 radical (unpaired) electrons. The highest BCUT2D eigenvalue weighted by atomic mass is 127. The summed E-state index contributed by atoms with van der Waals surface area (Å²) in [5.74, 6) is -0.215. The number of aliphatic hydroxyl groups is 1. The van der Waals surface area contributed by atoms with E-state index in [1.165, 1.54) is 6.07 Å². The lowest BCUT2D eigenvalue weighted by Gasteiger charge is -2.09. The van der Waals surface area contributed by atoms with Crippen LogP contribution in [0.1, 0.15) is 13.3 Å². The van der Waals surface area contributed by atoms with Gasteiger partial charge in [0, 0.05) is 6.54 Å². The lowest BCUT2D eigenvalue weighted by Crippen LogP contribution is -2.10. The van der Waals surface area contributed by atoms with Crippen LogP contribution in [0.4, 0.5) is 10.1 Å². The van der Waals surface area contributed by atoms with Crippen LogP contribution in [-0.2, 0) is 0 Å². The molecule has 1 aromatic carbocycles. The fourth-order valence-corrected chi connectivity index (χ4v) is 1.61. The summed E-state index contributed by atoms with van der Waals surface area (Å²) in [5.41, 5.74) is 0.784. The van der Waals surface area contributed by atoms with E-state index in [-0.39, 0.29) is 11.9 Å². The second-order valence-electron chi connectivity index (χ2n) is 3.17. The van der Waals surface area contributed by atoms with Crippen LogP contribution in [-0.4, -0.2) is 17.8 Å². The van der Waals surface area contributed by atoms with Crippen LogP contribution in [0.2, 0.25) is 0 Å².